The molecule has 0 saturated carbocycles. The molecule has 2 heterocycles. The molecule has 0 aliphatic carbocycles. The Morgan fingerprint density at radius 1 is 1.40 bits per heavy atom. The smallest absolute Gasteiger partial charge is 0.149 e. The third kappa shape index (κ3) is 1.45. The van der Waals surface area contributed by atoms with Gasteiger partial charge in [0.2, 0.25) is 0 Å². The predicted molar refractivity (Wildman–Crippen MR) is 56.2 cm³/mol. The van der Waals surface area contributed by atoms with Crippen molar-refractivity contribution in [1.29, 1.82) is 0 Å². The summed E-state index contributed by atoms with van der Waals surface area (Å²) < 4.78 is 22.6. The highest BCUT2D eigenvalue weighted by atomic mass is 16.7. The van der Waals surface area contributed by atoms with Crippen LogP contribution in [0.25, 0.3) is 0 Å². The lowest BCUT2D eigenvalue weighted by atomic mass is 9.72. The quantitative estimate of drug-likeness (QED) is 0.628. The summed E-state index contributed by atoms with van der Waals surface area (Å²) in [4.78, 5) is 0. The van der Waals surface area contributed by atoms with E-state index in [-0.39, 0.29) is 24.3 Å². The van der Waals surface area contributed by atoms with E-state index in [0.717, 1.165) is 0 Å². The van der Waals surface area contributed by atoms with Gasteiger partial charge in [-0.05, 0) is 6.92 Å². The van der Waals surface area contributed by atoms with Gasteiger partial charge in [-0.25, -0.2) is 0 Å². The molecule has 0 aromatic rings. The van der Waals surface area contributed by atoms with E-state index in [1.807, 2.05) is 21.0 Å². The van der Waals surface area contributed by atoms with E-state index in [1.54, 1.807) is 14.2 Å². The minimum Gasteiger partial charge on any atom is -0.381 e. The van der Waals surface area contributed by atoms with Crippen molar-refractivity contribution in [2.75, 3.05) is 20.8 Å². The Bertz CT molecular complexity index is 237. The second kappa shape index (κ2) is 4.05. The van der Waals surface area contributed by atoms with Gasteiger partial charge >= 0.3 is 0 Å². The van der Waals surface area contributed by atoms with Gasteiger partial charge in [0.25, 0.3) is 0 Å². The van der Waals surface area contributed by atoms with E-state index in [4.69, 9.17) is 18.9 Å². The monoisotopic (exact) mass is 213 g/mol. The van der Waals surface area contributed by atoms with Crippen LogP contribution in [-0.4, -0.2) is 58.0 Å². The number of hydrogen-bond acceptors (Lipinski definition) is 4. The summed E-state index contributed by atoms with van der Waals surface area (Å²) in [6, 6.07) is 0.0151. The first-order chi connectivity index (χ1) is 7.19. The molecular weight excluding hydrogens is 195 g/mol. The van der Waals surface area contributed by atoms with Crippen molar-refractivity contribution in [2.45, 2.75) is 43.7 Å². The molecule has 4 nitrogen and oxygen atoms in total. The summed E-state index contributed by atoms with van der Waals surface area (Å²) in [5.74, 6) is 0. The average molecular weight is 213 g/mol. The van der Waals surface area contributed by atoms with E-state index in [2.05, 4.69) is 0 Å². The van der Waals surface area contributed by atoms with Gasteiger partial charge in [0.05, 0.1) is 18.7 Å². The van der Waals surface area contributed by atoms with E-state index < -0.39 is 5.60 Å². The summed E-state index contributed by atoms with van der Waals surface area (Å²) in [6.07, 6.45) is -0.0117. The molecule has 2 bridgehead atoms. The molecule has 5 heteroatoms. The highest BCUT2D eigenvalue weighted by Gasteiger charge is 2.64. The van der Waals surface area contributed by atoms with E-state index >= 15 is 0 Å². The summed E-state index contributed by atoms with van der Waals surface area (Å²) in [6.45, 7) is 4.50. The molecule has 0 aromatic carbocycles. The Balaban J connectivity index is 2.24. The molecule has 5 unspecified atom stereocenters. The van der Waals surface area contributed by atoms with Crippen LogP contribution in [0.4, 0.5) is 0 Å². The van der Waals surface area contributed by atoms with Crippen LogP contribution in [0, 0.1) is 0 Å². The fraction of sp³-hybridized carbons (Fsp3) is 1.00. The van der Waals surface area contributed by atoms with Gasteiger partial charge in [-0.3, -0.25) is 0 Å². The van der Waals surface area contributed by atoms with Crippen molar-refractivity contribution < 1.29 is 18.9 Å². The van der Waals surface area contributed by atoms with Crippen LogP contribution in [0.3, 0.4) is 0 Å². The van der Waals surface area contributed by atoms with Crippen molar-refractivity contribution in [3.63, 3.8) is 0 Å². The van der Waals surface area contributed by atoms with Crippen molar-refractivity contribution in [1.82, 2.24) is 0 Å². The second-order valence-electron chi connectivity index (χ2n) is 4.20. The Morgan fingerprint density at radius 2 is 2.13 bits per heavy atom. The van der Waals surface area contributed by atoms with Crippen LogP contribution < -0.4 is 0 Å². The molecule has 1 radical (unpaired) electrons. The predicted octanol–water partition coefficient (Wildman–Crippen LogP) is 0.282. The Morgan fingerprint density at radius 3 is 2.67 bits per heavy atom. The molecule has 2 aliphatic rings. The van der Waals surface area contributed by atoms with Crippen LogP contribution in [0.15, 0.2) is 0 Å². The van der Waals surface area contributed by atoms with Gasteiger partial charge < -0.3 is 18.9 Å². The molecule has 85 valence electrons. The molecular formula is C10H18BO4. The Hall–Kier alpha value is -0.0951. The maximum atomic E-state index is 6.02. The molecule has 0 aromatic heterocycles. The lowest BCUT2D eigenvalue weighted by Gasteiger charge is -2.35. The van der Waals surface area contributed by atoms with E-state index in [1.165, 1.54) is 0 Å². The zero-order valence-electron chi connectivity index (χ0n) is 9.73. The van der Waals surface area contributed by atoms with Crippen LogP contribution in [0.5, 0.6) is 0 Å². The van der Waals surface area contributed by atoms with Gasteiger partial charge in [0, 0.05) is 14.2 Å². The van der Waals surface area contributed by atoms with Crippen LogP contribution in [0.2, 0.25) is 6.82 Å². The molecule has 2 fully saturated rings. The van der Waals surface area contributed by atoms with Crippen molar-refractivity contribution >= 4 is 7.28 Å². The number of ether oxygens (including phenoxy) is 4. The van der Waals surface area contributed by atoms with Crippen LogP contribution >= 0.6 is 0 Å². The first kappa shape index (κ1) is 11.4. The standard InChI is InChI=1S/C10H18BO4/c1-6-10(5-12-3)8(13-4)7(14-6)9(11-2)15-10/h6-9H,5H2,1-4H3. The lowest BCUT2D eigenvalue weighted by Crippen LogP contribution is -2.51. The van der Waals surface area contributed by atoms with E-state index in [0.29, 0.717) is 6.61 Å². The zero-order chi connectivity index (χ0) is 11.1. The molecule has 5 atom stereocenters. The molecule has 0 amide bonds. The Labute approximate surface area is 91.5 Å². The lowest BCUT2D eigenvalue weighted by molar-refractivity contribution is -0.179. The topological polar surface area (TPSA) is 36.9 Å². The van der Waals surface area contributed by atoms with Crippen molar-refractivity contribution in [2.24, 2.45) is 0 Å². The average Bonchev–Trinajstić information content (AvgIpc) is 2.66. The molecule has 2 saturated heterocycles. The third-order valence-electron chi connectivity index (χ3n) is 3.46. The summed E-state index contributed by atoms with van der Waals surface area (Å²) in [5, 5.41) is 0. The zero-order valence-corrected chi connectivity index (χ0v) is 9.73. The number of rotatable bonds is 4. The van der Waals surface area contributed by atoms with Crippen LogP contribution in [-0.2, 0) is 18.9 Å². The second-order valence-corrected chi connectivity index (χ2v) is 4.20. The summed E-state index contributed by atoms with van der Waals surface area (Å²) >= 11 is 0. The molecule has 0 N–H and O–H groups in total. The fourth-order valence-electron chi connectivity index (χ4n) is 2.72. The fourth-order valence-corrected chi connectivity index (χ4v) is 2.72. The van der Waals surface area contributed by atoms with Gasteiger partial charge in [-0.2, -0.15) is 0 Å². The molecule has 15 heavy (non-hydrogen) atoms. The third-order valence-corrected chi connectivity index (χ3v) is 3.46. The molecule has 2 rings (SSSR count). The maximum Gasteiger partial charge on any atom is 0.149 e. The summed E-state index contributed by atoms with van der Waals surface area (Å²) in [5.41, 5.74) is -0.439. The van der Waals surface area contributed by atoms with Gasteiger partial charge in [-0.1, -0.05) is 6.82 Å². The van der Waals surface area contributed by atoms with Gasteiger partial charge in [0.1, 0.15) is 25.1 Å². The molecule has 2 aliphatic heterocycles. The minimum atomic E-state index is -0.439. The number of hydrogen-bond donors (Lipinski definition) is 0. The maximum absolute atomic E-state index is 6.02. The highest BCUT2D eigenvalue weighted by molar-refractivity contribution is 6.35. The normalized spacial score (nSPS) is 48.5. The first-order valence-corrected chi connectivity index (χ1v) is 5.34. The van der Waals surface area contributed by atoms with Crippen molar-refractivity contribution in [3.05, 3.63) is 0 Å². The largest absolute Gasteiger partial charge is 0.381 e. The van der Waals surface area contributed by atoms with Gasteiger partial charge in [-0.15, -0.1) is 0 Å². The first-order valence-electron chi connectivity index (χ1n) is 5.34. The van der Waals surface area contributed by atoms with Crippen molar-refractivity contribution in [3.8, 4) is 0 Å². The SMILES string of the molecule is C[B]C1OC2(COC)C(C)OC1C2OC. The van der Waals surface area contributed by atoms with Crippen LogP contribution in [0.1, 0.15) is 6.92 Å². The molecule has 0 spiro atoms. The number of methoxy groups -OCH3 is 2. The minimum absolute atomic E-state index is 0.00477. The highest BCUT2D eigenvalue weighted by Crippen LogP contribution is 2.45. The number of fused-ring (bicyclic) bond motifs is 2. The summed E-state index contributed by atoms with van der Waals surface area (Å²) in [7, 11) is 5.39. The Kier molecular flexibility index (Phi) is 3.08. The van der Waals surface area contributed by atoms with E-state index in [9.17, 15) is 0 Å². The van der Waals surface area contributed by atoms with Gasteiger partial charge in [0.15, 0.2) is 0 Å².